The standard InChI is InChI=1S/C25H25F3N4O2/c1-13(2)21-10-14(29)11-22(34-21)15-8-9-30-12-20(15)32-25(33)19-7-6-18(28)24(31-19)23-16(26)4-3-5-17(23)27/h3-9,12-14,21-22H,10-11,29H2,1-2H3,(H,32,33)/t14-,21-,22+/m0/s1. The van der Waals surface area contributed by atoms with E-state index in [1.165, 1.54) is 6.20 Å². The first-order valence-corrected chi connectivity index (χ1v) is 11.0. The normalized spacial score (nSPS) is 20.4. The van der Waals surface area contributed by atoms with Crippen LogP contribution in [0.15, 0.2) is 48.8 Å². The number of hydrogen-bond donors (Lipinski definition) is 2. The minimum absolute atomic E-state index is 0.0255. The Morgan fingerprint density at radius 2 is 1.82 bits per heavy atom. The zero-order chi connectivity index (χ0) is 24.4. The van der Waals surface area contributed by atoms with Crippen molar-refractivity contribution >= 4 is 11.6 Å². The summed E-state index contributed by atoms with van der Waals surface area (Å²) in [6.45, 7) is 4.12. The maximum absolute atomic E-state index is 14.4. The Bertz CT molecular complexity index is 1180. The minimum atomic E-state index is -0.982. The van der Waals surface area contributed by atoms with Crippen molar-refractivity contribution in [1.82, 2.24) is 9.97 Å². The highest BCUT2D eigenvalue weighted by Crippen LogP contribution is 2.36. The van der Waals surface area contributed by atoms with Crippen molar-refractivity contribution in [2.75, 3.05) is 5.32 Å². The summed E-state index contributed by atoms with van der Waals surface area (Å²) in [6.07, 6.45) is 4.01. The second-order valence-electron chi connectivity index (χ2n) is 8.68. The van der Waals surface area contributed by atoms with Gasteiger partial charge in [-0.15, -0.1) is 0 Å². The Hall–Kier alpha value is -3.30. The molecule has 0 unspecified atom stereocenters. The van der Waals surface area contributed by atoms with Crippen LogP contribution in [0.25, 0.3) is 11.3 Å². The number of benzene rings is 1. The molecular weight excluding hydrogens is 445 g/mol. The zero-order valence-electron chi connectivity index (χ0n) is 18.8. The van der Waals surface area contributed by atoms with E-state index in [2.05, 4.69) is 29.1 Å². The predicted octanol–water partition coefficient (Wildman–Crippen LogP) is 5.02. The van der Waals surface area contributed by atoms with Crippen LogP contribution in [0.1, 0.15) is 48.8 Å². The van der Waals surface area contributed by atoms with Crippen molar-refractivity contribution in [3.8, 4) is 11.3 Å². The summed E-state index contributed by atoms with van der Waals surface area (Å²) < 4.78 is 49.0. The second kappa shape index (κ2) is 9.90. The topological polar surface area (TPSA) is 90.1 Å². The number of hydrogen-bond acceptors (Lipinski definition) is 5. The molecule has 1 saturated heterocycles. The number of halogens is 3. The molecule has 6 nitrogen and oxygen atoms in total. The SMILES string of the molecule is CC(C)[C@@H]1C[C@H](N)C[C@H](c2ccncc2NC(=O)c2ccc(F)c(-c3c(F)cccc3F)n2)O1. The summed E-state index contributed by atoms with van der Waals surface area (Å²) in [6, 6.07) is 6.93. The Morgan fingerprint density at radius 1 is 1.09 bits per heavy atom. The molecule has 1 fully saturated rings. The molecular formula is C25H25F3N4O2. The van der Waals surface area contributed by atoms with E-state index < -0.39 is 34.6 Å². The zero-order valence-corrected chi connectivity index (χ0v) is 18.8. The molecule has 9 heteroatoms. The van der Waals surface area contributed by atoms with Crippen LogP contribution in [-0.4, -0.2) is 28.0 Å². The molecule has 0 radical (unpaired) electrons. The molecule has 34 heavy (non-hydrogen) atoms. The van der Waals surface area contributed by atoms with E-state index in [4.69, 9.17) is 10.5 Å². The lowest BCUT2D eigenvalue weighted by Crippen LogP contribution is -2.39. The smallest absolute Gasteiger partial charge is 0.274 e. The van der Waals surface area contributed by atoms with Crippen LogP contribution in [0.5, 0.6) is 0 Å². The van der Waals surface area contributed by atoms with E-state index in [1.54, 1.807) is 12.3 Å². The number of anilines is 1. The van der Waals surface area contributed by atoms with Gasteiger partial charge in [-0.1, -0.05) is 19.9 Å². The number of nitrogens with one attached hydrogen (secondary N) is 1. The maximum atomic E-state index is 14.4. The van der Waals surface area contributed by atoms with Crippen LogP contribution in [0, 0.1) is 23.4 Å². The van der Waals surface area contributed by atoms with Crippen LogP contribution in [0.3, 0.4) is 0 Å². The highest BCUT2D eigenvalue weighted by Gasteiger charge is 2.32. The van der Waals surface area contributed by atoms with Crippen LogP contribution >= 0.6 is 0 Å². The Morgan fingerprint density at radius 3 is 2.53 bits per heavy atom. The van der Waals surface area contributed by atoms with Gasteiger partial charge in [0.25, 0.3) is 5.91 Å². The van der Waals surface area contributed by atoms with Crippen LogP contribution in [-0.2, 0) is 4.74 Å². The van der Waals surface area contributed by atoms with Gasteiger partial charge in [0, 0.05) is 17.8 Å². The molecule has 0 bridgehead atoms. The van der Waals surface area contributed by atoms with E-state index in [1.807, 2.05) is 0 Å². The Labute approximate surface area is 195 Å². The van der Waals surface area contributed by atoms with Crippen molar-refractivity contribution < 1.29 is 22.7 Å². The van der Waals surface area contributed by atoms with Gasteiger partial charge in [-0.05, 0) is 49.1 Å². The fourth-order valence-electron chi connectivity index (χ4n) is 4.07. The molecule has 3 aromatic rings. The van der Waals surface area contributed by atoms with Gasteiger partial charge < -0.3 is 15.8 Å². The third kappa shape index (κ3) is 4.95. The molecule has 4 rings (SSSR count). The third-order valence-electron chi connectivity index (χ3n) is 5.86. The maximum Gasteiger partial charge on any atom is 0.274 e. The molecule has 3 N–H and O–H groups in total. The largest absolute Gasteiger partial charge is 0.370 e. The number of pyridine rings is 2. The van der Waals surface area contributed by atoms with Gasteiger partial charge >= 0.3 is 0 Å². The third-order valence-corrected chi connectivity index (χ3v) is 5.86. The van der Waals surface area contributed by atoms with Crippen LogP contribution in [0.4, 0.5) is 18.9 Å². The number of nitrogens with two attached hydrogens (primary N) is 1. The molecule has 0 aliphatic carbocycles. The van der Waals surface area contributed by atoms with Gasteiger partial charge in [-0.25, -0.2) is 18.2 Å². The van der Waals surface area contributed by atoms with Crippen LogP contribution in [0.2, 0.25) is 0 Å². The molecule has 178 valence electrons. The van der Waals surface area contributed by atoms with Gasteiger partial charge in [0.05, 0.1) is 29.7 Å². The summed E-state index contributed by atoms with van der Waals surface area (Å²) in [5.74, 6) is -3.33. The number of ether oxygens (including phenoxy) is 1. The lowest BCUT2D eigenvalue weighted by molar-refractivity contribution is -0.0787. The molecule has 1 aliphatic rings. The molecule has 0 spiro atoms. The average molecular weight is 470 g/mol. The lowest BCUT2D eigenvalue weighted by Gasteiger charge is -2.36. The molecule has 2 aromatic heterocycles. The van der Waals surface area contributed by atoms with E-state index in [9.17, 15) is 18.0 Å². The van der Waals surface area contributed by atoms with Gasteiger partial charge in [0.15, 0.2) is 0 Å². The van der Waals surface area contributed by atoms with Crippen molar-refractivity contribution in [3.63, 3.8) is 0 Å². The molecule has 1 aromatic carbocycles. The first kappa shape index (κ1) is 23.8. The first-order valence-electron chi connectivity index (χ1n) is 11.0. The highest BCUT2D eigenvalue weighted by atomic mass is 19.1. The number of aromatic nitrogens is 2. The molecule has 1 aliphatic heterocycles. The summed E-state index contributed by atoms with van der Waals surface area (Å²) in [5.41, 5.74) is 5.90. The summed E-state index contributed by atoms with van der Waals surface area (Å²) >= 11 is 0. The summed E-state index contributed by atoms with van der Waals surface area (Å²) in [7, 11) is 0. The monoisotopic (exact) mass is 470 g/mol. The van der Waals surface area contributed by atoms with Crippen LogP contribution < -0.4 is 11.1 Å². The molecule has 1 amide bonds. The highest BCUT2D eigenvalue weighted by molar-refractivity contribution is 6.03. The van der Waals surface area contributed by atoms with E-state index >= 15 is 0 Å². The fraction of sp³-hybridized carbons (Fsp3) is 0.320. The van der Waals surface area contributed by atoms with Gasteiger partial charge in [-0.3, -0.25) is 9.78 Å². The lowest BCUT2D eigenvalue weighted by atomic mass is 9.90. The number of carbonyl (C=O) groups is 1. The second-order valence-corrected chi connectivity index (χ2v) is 8.68. The Kier molecular flexibility index (Phi) is 6.95. The molecule has 0 saturated carbocycles. The van der Waals surface area contributed by atoms with Gasteiger partial charge in [-0.2, -0.15) is 0 Å². The average Bonchev–Trinajstić information content (AvgIpc) is 2.80. The molecule has 3 atom stereocenters. The number of amides is 1. The van der Waals surface area contributed by atoms with Crippen molar-refractivity contribution in [1.29, 1.82) is 0 Å². The molecule has 3 heterocycles. The van der Waals surface area contributed by atoms with Crippen molar-refractivity contribution in [3.05, 3.63) is 77.5 Å². The van der Waals surface area contributed by atoms with Crippen molar-refractivity contribution in [2.24, 2.45) is 11.7 Å². The summed E-state index contributed by atoms with van der Waals surface area (Å²) in [5, 5.41) is 2.72. The predicted molar refractivity (Wildman–Crippen MR) is 121 cm³/mol. The number of carbonyl (C=O) groups excluding carboxylic acids is 1. The van der Waals surface area contributed by atoms with Gasteiger partial charge in [0.2, 0.25) is 0 Å². The van der Waals surface area contributed by atoms with E-state index in [0.717, 1.165) is 36.8 Å². The van der Waals surface area contributed by atoms with Crippen molar-refractivity contribution in [2.45, 2.75) is 44.9 Å². The fourth-order valence-corrected chi connectivity index (χ4v) is 4.07. The minimum Gasteiger partial charge on any atom is -0.370 e. The van der Waals surface area contributed by atoms with E-state index in [0.29, 0.717) is 17.7 Å². The number of nitrogens with zero attached hydrogens (tertiary/aromatic N) is 2. The first-order chi connectivity index (χ1) is 16.2. The summed E-state index contributed by atoms with van der Waals surface area (Å²) in [4.78, 5) is 21.0. The Balaban J connectivity index is 1.63. The number of rotatable bonds is 5. The van der Waals surface area contributed by atoms with Gasteiger partial charge in [0.1, 0.15) is 28.8 Å². The van der Waals surface area contributed by atoms with E-state index in [-0.39, 0.29) is 29.9 Å². The quantitative estimate of drug-likeness (QED) is 0.547.